The molecular formula is C19H22O6S. The lowest BCUT2D eigenvalue weighted by Gasteiger charge is -2.30. The van der Waals surface area contributed by atoms with Gasteiger partial charge in [0.1, 0.15) is 5.75 Å². The Balaban J connectivity index is 1.42. The molecule has 1 saturated heterocycles. The minimum absolute atomic E-state index is 0.275. The zero-order valence-corrected chi connectivity index (χ0v) is 15.4. The van der Waals surface area contributed by atoms with Crippen LogP contribution in [0.2, 0.25) is 0 Å². The van der Waals surface area contributed by atoms with Crippen LogP contribution in [-0.2, 0) is 23.7 Å². The van der Waals surface area contributed by atoms with Gasteiger partial charge < -0.3 is 14.2 Å². The summed E-state index contributed by atoms with van der Waals surface area (Å²) in [6, 6.07) is 18.0. The molecule has 2 aromatic carbocycles. The first-order chi connectivity index (χ1) is 12.9. The standard InChI is InChI=1S/C19H22O6S/c1-20-24-25-26-12-11-21-18-9-7-16(8-10-18)19-22-13-17(14-23-19)15-5-3-2-4-6-15/h2-10,17,19H,11-14H2,1H3. The Kier molecular flexibility index (Phi) is 7.75. The van der Waals surface area contributed by atoms with Crippen molar-refractivity contribution in [3.05, 3.63) is 65.7 Å². The van der Waals surface area contributed by atoms with Crippen molar-refractivity contribution in [3.63, 3.8) is 0 Å². The molecule has 2 aromatic rings. The van der Waals surface area contributed by atoms with Crippen molar-refractivity contribution in [2.24, 2.45) is 0 Å². The first-order valence-electron chi connectivity index (χ1n) is 8.36. The second-order valence-electron chi connectivity index (χ2n) is 5.65. The van der Waals surface area contributed by atoms with Gasteiger partial charge in [-0.05, 0) is 17.7 Å². The minimum atomic E-state index is -0.334. The summed E-state index contributed by atoms with van der Waals surface area (Å²) < 4.78 is 22.1. The van der Waals surface area contributed by atoms with Gasteiger partial charge in [-0.3, -0.25) is 0 Å². The Bertz CT molecular complexity index is 628. The van der Waals surface area contributed by atoms with Gasteiger partial charge in [-0.1, -0.05) is 47.5 Å². The average Bonchev–Trinajstić information content (AvgIpc) is 2.72. The Morgan fingerprint density at radius 2 is 1.69 bits per heavy atom. The fourth-order valence-corrected chi connectivity index (χ4v) is 2.92. The topological polar surface area (TPSA) is 55.4 Å². The summed E-state index contributed by atoms with van der Waals surface area (Å²) in [5, 5.41) is 4.28. The molecule has 0 atom stereocenters. The van der Waals surface area contributed by atoms with Gasteiger partial charge >= 0.3 is 0 Å². The summed E-state index contributed by atoms with van der Waals surface area (Å²) in [5.74, 6) is 1.66. The number of benzene rings is 2. The second-order valence-corrected chi connectivity index (χ2v) is 6.43. The Morgan fingerprint density at radius 3 is 2.38 bits per heavy atom. The maximum Gasteiger partial charge on any atom is 0.183 e. The number of ether oxygens (including phenoxy) is 3. The lowest BCUT2D eigenvalue weighted by Crippen LogP contribution is -2.25. The highest BCUT2D eigenvalue weighted by atomic mass is 32.2. The molecule has 0 spiro atoms. The number of rotatable bonds is 9. The van der Waals surface area contributed by atoms with Crippen molar-refractivity contribution in [3.8, 4) is 5.75 Å². The Labute approximate surface area is 157 Å². The van der Waals surface area contributed by atoms with Crippen LogP contribution in [0, 0.1) is 0 Å². The molecular weight excluding hydrogens is 356 g/mol. The highest BCUT2D eigenvalue weighted by Crippen LogP contribution is 2.30. The fourth-order valence-electron chi connectivity index (χ4n) is 2.61. The van der Waals surface area contributed by atoms with Crippen LogP contribution in [-0.4, -0.2) is 32.7 Å². The smallest absolute Gasteiger partial charge is 0.183 e. The van der Waals surface area contributed by atoms with Crippen LogP contribution in [0.25, 0.3) is 0 Å². The van der Waals surface area contributed by atoms with Gasteiger partial charge in [0.25, 0.3) is 0 Å². The van der Waals surface area contributed by atoms with E-state index in [4.69, 9.17) is 14.2 Å². The molecule has 0 saturated carbocycles. The summed E-state index contributed by atoms with van der Waals surface area (Å²) in [5.41, 5.74) is 2.22. The van der Waals surface area contributed by atoms with E-state index < -0.39 is 0 Å². The fraction of sp³-hybridized carbons (Fsp3) is 0.368. The van der Waals surface area contributed by atoms with Crippen LogP contribution in [0.5, 0.6) is 5.75 Å². The molecule has 0 aliphatic carbocycles. The van der Waals surface area contributed by atoms with Gasteiger partial charge in [-0.15, -0.1) is 4.33 Å². The Hall–Kier alpha value is -1.61. The minimum Gasteiger partial charge on any atom is -0.493 e. The third kappa shape index (κ3) is 5.70. The quantitative estimate of drug-likeness (QED) is 0.282. The highest BCUT2D eigenvalue weighted by molar-refractivity contribution is 7.94. The predicted molar refractivity (Wildman–Crippen MR) is 97.4 cm³/mol. The van der Waals surface area contributed by atoms with Crippen molar-refractivity contribution in [2.45, 2.75) is 12.2 Å². The van der Waals surface area contributed by atoms with Crippen molar-refractivity contribution in [1.82, 2.24) is 0 Å². The SMILES string of the molecule is COOOSCCOc1ccc(C2OCC(c3ccccc3)CO2)cc1. The summed E-state index contributed by atoms with van der Waals surface area (Å²) in [4.78, 5) is 4.30. The molecule has 6 nitrogen and oxygen atoms in total. The van der Waals surface area contributed by atoms with Crippen molar-refractivity contribution in [1.29, 1.82) is 0 Å². The normalized spacial score (nSPS) is 20.0. The van der Waals surface area contributed by atoms with E-state index in [-0.39, 0.29) is 12.2 Å². The maximum atomic E-state index is 5.90. The van der Waals surface area contributed by atoms with Crippen LogP contribution >= 0.6 is 12.0 Å². The van der Waals surface area contributed by atoms with Gasteiger partial charge in [-0.2, -0.15) is 0 Å². The molecule has 0 amide bonds. The molecule has 1 fully saturated rings. The van der Waals surface area contributed by atoms with E-state index in [1.165, 1.54) is 12.7 Å². The summed E-state index contributed by atoms with van der Waals surface area (Å²) in [6.45, 7) is 1.79. The van der Waals surface area contributed by atoms with E-state index in [2.05, 4.69) is 26.4 Å². The first-order valence-corrected chi connectivity index (χ1v) is 9.28. The largest absolute Gasteiger partial charge is 0.493 e. The van der Waals surface area contributed by atoms with Crippen molar-refractivity contribution >= 4 is 12.0 Å². The molecule has 1 heterocycles. The van der Waals surface area contributed by atoms with Crippen molar-refractivity contribution < 1.29 is 28.5 Å². The van der Waals surface area contributed by atoms with Crippen LogP contribution in [0.15, 0.2) is 54.6 Å². The van der Waals surface area contributed by atoms with Gasteiger partial charge in [0.15, 0.2) is 6.29 Å². The van der Waals surface area contributed by atoms with Crippen molar-refractivity contribution in [2.75, 3.05) is 32.7 Å². The zero-order valence-electron chi connectivity index (χ0n) is 14.5. The van der Waals surface area contributed by atoms with Crippen LogP contribution < -0.4 is 4.74 Å². The maximum absolute atomic E-state index is 5.90. The molecule has 1 aliphatic rings. The lowest BCUT2D eigenvalue weighted by atomic mass is 10.0. The van der Waals surface area contributed by atoms with E-state index in [1.807, 2.05) is 42.5 Å². The van der Waals surface area contributed by atoms with E-state index >= 15 is 0 Å². The van der Waals surface area contributed by atoms with E-state index in [9.17, 15) is 0 Å². The molecule has 0 unspecified atom stereocenters. The molecule has 0 N–H and O–H groups in total. The molecule has 140 valence electrons. The molecule has 0 radical (unpaired) electrons. The van der Waals surface area contributed by atoms with E-state index in [1.54, 1.807) is 0 Å². The summed E-state index contributed by atoms with van der Waals surface area (Å²) in [7, 11) is 1.38. The summed E-state index contributed by atoms with van der Waals surface area (Å²) >= 11 is 1.11. The first kappa shape index (κ1) is 19.2. The number of hydrogen-bond acceptors (Lipinski definition) is 7. The molecule has 7 heteroatoms. The van der Waals surface area contributed by atoms with Crippen LogP contribution in [0.4, 0.5) is 0 Å². The van der Waals surface area contributed by atoms with Gasteiger partial charge in [-0.25, -0.2) is 4.89 Å². The zero-order chi connectivity index (χ0) is 18.0. The molecule has 0 bridgehead atoms. The van der Waals surface area contributed by atoms with E-state index in [0.717, 1.165) is 23.4 Å². The highest BCUT2D eigenvalue weighted by Gasteiger charge is 2.24. The molecule has 26 heavy (non-hydrogen) atoms. The Morgan fingerprint density at radius 1 is 0.962 bits per heavy atom. The average molecular weight is 378 g/mol. The number of hydrogen-bond donors (Lipinski definition) is 0. The van der Waals surface area contributed by atoms with Gasteiger partial charge in [0.2, 0.25) is 0 Å². The third-order valence-corrected chi connectivity index (χ3v) is 4.39. The summed E-state index contributed by atoms with van der Waals surface area (Å²) in [6.07, 6.45) is -0.334. The van der Waals surface area contributed by atoms with Crippen LogP contribution in [0.3, 0.4) is 0 Å². The molecule has 0 aromatic heterocycles. The predicted octanol–water partition coefficient (Wildman–Crippen LogP) is 4.05. The monoisotopic (exact) mass is 378 g/mol. The van der Waals surface area contributed by atoms with Gasteiger partial charge in [0.05, 0.1) is 32.7 Å². The van der Waals surface area contributed by atoms with Gasteiger partial charge in [0, 0.05) is 23.5 Å². The second kappa shape index (κ2) is 10.5. The van der Waals surface area contributed by atoms with Crippen LogP contribution in [0.1, 0.15) is 23.3 Å². The molecule has 1 aliphatic heterocycles. The molecule has 3 rings (SSSR count). The lowest BCUT2D eigenvalue weighted by molar-refractivity contribution is -0.447. The van der Waals surface area contributed by atoms with E-state index in [0.29, 0.717) is 25.6 Å². The third-order valence-electron chi connectivity index (χ3n) is 3.90.